The maximum Gasteiger partial charge on any atom is 0.101 e. The normalized spacial score (nSPS) is 25.1. The van der Waals surface area contributed by atoms with Crippen molar-refractivity contribution in [3.63, 3.8) is 0 Å². The van der Waals surface area contributed by atoms with Crippen molar-refractivity contribution in [1.82, 2.24) is 5.32 Å². The number of hydrogen-bond donors (Lipinski definition) is 2. The fourth-order valence-corrected chi connectivity index (χ4v) is 2.19. The van der Waals surface area contributed by atoms with E-state index in [2.05, 4.69) is 23.2 Å². The lowest BCUT2D eigenvalue weighted by molar-refractivity contribution is 0.184. The minimum Gasteiger partial charge on any atom is -0.390 e. The molecule has 90 valence electrons. The van der Waals surface area contributed by atoms with E-state index < -0.39 is 6.10 Å². The molecule has 0 radical (unpaired) electrons. The number of rotatable bonds is 1. The molecular formula is C13H17N3O. The Morgan fingerprint density at radius 2 is 2.18 bits per heavy atom. The van der Waals surface area contributed by atoms with Gasteiger partial charge < -0.3 is 15.3 Å². The first-order valence-corrected chi connectivity index (χ1v) is 5.87. The smallest absolute Gasteiger partial charge is 0.101 e. The van der Waals surface area contributed by atoms with E-state index in [1.807, 2.05) is 24.3 Å². The molecule has 2 atom stereocenters. The lowest BCUT2D eigenvalue weighted by Gasteiger charge is -2.30. The van der Waals surface area contributed by atoms with Crippen molar-refractivity contribution >= 4 is 5.69 Å². The Labute approximate surface area is 101 Å². The zero-order chi connectivity index (χ0) is 12.3. The number of benzene rings is 1. The lowest BCUT2D eigenvalue weighted by atomic mass is 10.1. The molecule has 0 amide bonds. The highest BCUT2D eigenvalue weighted by Gasteiger charge is 2.23. The van der Waals surface area contributed by atoms with Crippen molar-refractivity contribution in [3.8, 4) is 6.07 Å². The molecule has 2 rings (SSSR count). The highest BCUT2D eigenvalue weighted by molar-refractivity contribution is 5.60. The summed E-state index contributed by atoms with van der Waals surface area (Å²) in [7, 11) is 0. The van der Waals surface area contributed by atoms with Gasteiger partial charge in [0.1, 0.15) is 6.07 Å². The van der Waals surface area contributed by atoms with Gasteiger partial charge in [-0.2, -0.15) is 5.26 Å². The second kappa shape index (κ2) is 5.17. The summed E-state index contributed by atoms with van der Waals surface area (Å²) < 4.78 is 0. The molecule has 1 saturated heterocycles. The minimum absolute atomic E-state index is 0.265. The van der Waals surface area contributed by atoms with E-state index in [0.29, 0.717) is 18.7 Å². The Hall–Kier alpha value is -1.57. The number of anilines is 1. The van der Waals surface area contributed by atoms with Crippen molar-refractivity contribution in [2.24, 2.45) is 0 Å². The first-order chi connectivity index (χ1) is 8.22. The number of hydrogen-bond acceptors (Lipinski definition) is 4. The van der Waals surface area contributed by atoms with Crippen LogP contribution in [0.4, 0.5) is 5.69 Å². The third-order valence-corrected chi connectivity index (χ3v) is 3.09. The monoisotopic (exact) mass is 231 g/mol. The summed E-state index contributed by atoms with van der Waals surface area (Å²) in [6.45, 7) is 4.08. The van der Waals surface area contributed by atoms with Crippen LogP contribution < -0.4 is 10.2 Å². The Balaban J connectivity index is 2.33. The first kappa shape index (κ1) is 11.9. The largest absolute Gasteiger partial charge is 0.390 e. The van der Waals surface area contributed by atoms with Gasteiger partial charge in [0.2, 0.25) is 0 Å². The summed E-state index contributed by atoms with van der Waals surface area (Å²) in [5.41, 5.74) is 1.57. The number of nitriles is 1. The van der Waals surface area contributed by atoms with Gasteiger partial charge in [0, 0.05) is 25.7 Å². The van der Waals surface area contributed by atoms with Gasteiger partial charge in [-0.3, -0.25) is 0 Å². The molecule has 0 aliphatic carbocycles. The molecule has 1 aliphatic rings. The van der Waals surface area contributed by atoms with Gasteiger partial charge in [0.25, 0.3) is 0 Å². The Morgan fingerprint density at radius 3 is 2.94 bits per heavy atom. The molecule has 0 aromatic heterocycles. The SMILES string of the molecule is CC1CNCC(O)CN1c1ccccc1C#N. The topological polar surface area (TPSA) is 59.3 Å². The van der Waals surface area contributed by atoms with Crippen molar-refractivity contribution in [1.29, 1.82) is 5.26 Å². The molecule has 17 heavy (non-hydrogen) atoms. The average molecular weight is 231 g/mol. The second-order valence-corrected chi connectivity index (χ2v) is 4.44. The van der Waals surface area contributed by atoms with E-state index in [-0.39, 0.29) is 6.04 Å². The van der Waals surface area contributed by atoms with Crippen LogP contribution in [0.5, 0.6) is 0 Å². The number of aliphatic hydroxyl groups is 1. The average Bonchev–Trinajstić information content (AvgIpc) is 2.51. The maximum atomic E-state index is 9.82. The molecule has 1 fully saturated rings. The number of aliphatic hydroxyl groups excluding tert-OH is 1. The molecule has 4 heteroatoms. The standard InChI is InChI=1S/C13H17N3O/c1-10-7-15-8-12(17)9-16(10)13-5-3-2-4-11(13)6-14/h2-5,10,12,15,17H,7-9H2,1H3. The van der Waals surface area contributed by atoms with E-state index >= 15 is 0 Å². The van der Waals surface area contributed by atoms with Crippen LogP contribution in [-0.4, -0.2) is 36.9 Å². The summed E-state index contributed by atoms with van der Waals surface area (Å²) >= 11 is 0. The summed E-state index contributed by atoms with van der Waals surface area (Å²) in [4.78, 5) is 2.10. The van der Waals surface area contributed by atoms with Crippen LogP contribution in [0, 0.1) is 11.3 Å². The maximum absolute atomic E-state index is 9.82. The van der Waals surface area contributed by atoms with Crippen molar-refractivity contribution in [3.05, 3.63) is 29.8 Å². The molecule has 1 aromatic rings. The Bertz CT molecular complexity index is 427. The van der Waals surface area contributed by atoms with Crippen LogP contribution in [0.3, 0.4) is 0 Å². The quantitative estimate of drug-likeness (QED) is 0.747. The molecule has 1 aromatic carbocycles. The van der Waals surface area contributed by atoms with Gasteiger partial charge in [-0.05, 0) is 19.1 Å². The van der Waals surface area contributed by atoms with Crippen LogP contribution in [0.1, 0.15) is 12.5 Å². The van der Waals surface area contributed by atoms with Gasteiger partial charge in [-0.25, -0.2) is 0 Å². The third kappa shape index (κ3) is 2.57. The predicted molar refractivity (Wildman–Crippen MR) is 66.8 cm³/mol. The summed E-state index contributed by atoms with van der Waals surface area (Å²) in [6, 6.07) is 10.0. The van der Waals surface area contributed by atoms with Gasteiger partial charge in [-0.1, -0.05) is 12.1 Å². The van der Waals surface area contributed by atoms with E-state index in [0.717, 1.165) is 12.2 Å². The Morgan fingerprint density at radius 1 is 1.41 bits per heavy atom. The van der Waals surface area contributed by atoms with E-state index in [9.17, 15) is 5.11 Å². The van der Waals surface area contributed by atoms with Gasteiger partial charge in [0.05, 0.1) is 17.4 Å². The Kier molecular flexibility index (Phi) is 3.62. The van der Waals surface area contributed by atoms with Crippen LogP contribution >= 0.6 is 0 Å². The molecule has 2 unspecified atom stereocenters. The molecule has 0 saturated carbocycles. The molecule has 1 heterocycles. The van der Waals surface area contributed by atoms with Crippen LogP contribution in [-0.2, 0) is 0 Å². The summed E-state index contributed by atoms with van der Waals surface area (Å²) in [6.07, 6.45) is -0.397. The highest BCUT2D eigenvalue weighted by atomic mass is 16.3. The fraction of sp³-hybridized carbons (Fsp3) is 0.462. The van der Waals surface area contributed by atoms with Crippen LogP contribution in [0.2, 0.25) is 0 Å². The highest BCUT2D eigenvalue weighted by Crippen LogP contribution is 2.22. The van der Waals surface area contributed by atoms with Crippen molar-refractivity contribution < 1.29 is 5.11 Å². The molecule has 1 aliphatic heterocycles. The number of nitrogens with one attached hydrogen (secondary N) is 1. The number of β-amino-alcohol motifs (C(OH)–C–C–N with tert-alkyl or cyclic N) is 1. The van der Waals surface area contributed by atoms with Crippen molar-refractivity contribution in [2.75, 3.05) is 24.5 Å². The number of para-hydroxylation sites is 1. The lowest BCUT2D eigenvalue weighted by Crippen LogP contribution is -2.39. The van der Waals surface area contributed by atoms with E-state index in [1.165, 1.54) is 0 Å². The fourth-order valence-electron chi connectivity index (χ4n) is 2.19. The predicted octanol–water partition coefficient (Wildman–Crippen LogP) is 0.717. The second-order valence-electron chi connectivity index (χ2n) is 4.44. The number of nitrogens with zero attached hydrogens (tertiary/aromatic N) is 2. The van der Waals surface area contributed by atoms with Gasteiger partial charge in [-0.15, -0.1) is 0 Å². The zero-order valence-electron chi connectivity index (χ0n) is 9.93. The zero-order valence-corrected chi connectivity index (χ0v) is 9.93. The van der Waals surface area contributed by atoms with Gasteiger partial charge in [0.15, 0.2) is 0 Å². The molecule has 2 N–H and O–H groups in total. The van der Waals surface area contributed by atoms with Crippen LogP contribution in [0.15, 0.2) is 24.3 Å². The van der Waals surface area contributed by atoms with E-state index in [4.69, 9.17) is 5.26 Å². The van der Waals surface area contributed by atoms with Crippen molar-refractivity contribution in [2.45, 2.75) is 19.1 Å². The summed E-state index contributed by atoms with van der Waals surface area (Å²) in [5.74, 6) is 0. The van der Waals surface area contributed by atoms with E-state index in [1.54, 1.807) is 0 Å². The molecular weight excluding hydrogens is 214 g/mol. The van der Waals surface area contributed by atoms with Gasteiger partial charge >= 0.3 is 0 Å². The minimum atomic E-state index is -0.397. The first-order valence-electron chi connectivity index (χ1n) is 5.87. The summed E-state index contributed by atoms with van der Waals surface area (Å²) in [5, 5.41) is 22.1. The molecule has 0 bridgehead atoms. The molecule has 0 spiro atoms. The third-order valence-electron chi connectivity index (χ3n) is 3.09. The van der Waals surface area contributed by atoms with Crippen LogP contribution in [0.25, 0.3) is 0 Å². The molecule has 4 nitrogen and oxygen atoms in total.